The van der Waals surface area contributed by atoms with Crippen LogP contribution in [-0.4, -0.2) is 20.4 Å². The van der Waals surface area contributed by atoms with E-state index in [0.717, 1.165) is 11.3 Å². The van der Waals surface area contributed by atoms with E-state index in [9.17, 15) is 4.79 Å². The van der Waals surface area contributed by atoms with Crippen molar-refractivity contribution in [2.75, 3.05) is 19.0 Å². The van der Waals surface area contributed by atoms with Crippen molar-refractivity contribution < 1.29 is 4.79 Å². The van der Waals surface area contributed by atoms with Gasteiger partial charge in [0.2, 0.25) is 0 Å². The molecule has 0 aliphatic heterocycles. The normalized spacial score (nSPS) is 8.46. The SMILES string of the molecule is CN(C)c1ccccc1C#CC=O. The number of hydrogen-bond donors (Lipinski definition) is 0. The molecule has 0 saturated carbocycles. The first-order valence-electron chi connectivity index (χ1n) is 3.97. The second kappa shape index (κ2) is 4.32. The molecule has 0 atom stereocenters. The van der Waals surface area contributed by atoms with Gasteiger partial charge in [0.1, 0.15) is 0 Å². The van der Waals surface area contributed by atoms with Gasteiger partial charge in [-0.2, -0.15) is 0 Å². The third-order valence-electron chi connectivity index (χ3n) is 1.65. The minimum absolute atomic E-state index is 0.604. The molecule has 0 unspecified atom stereocenters. The van der Waals surface area contributed by atoms with E-state index in [0.29, 0.717) is 6.29 Å². The number of benzene rings is 1. The van der Waals surface area contributed by atoms with E-state index < -0.39 is 0 Å². The molecule has 1 rings (SSSR count). The molecule has 0 N–H and O–H groups in total. The molecule has 0 amide bonds. The minimum Gasteiger partial charge on any atom is -0.377 e. The summed E-state index contributed by atoms with van der Waals surface area (Å²) in [5.41, 5.74) is 1.90. The summed E-state index contributed by atoms with van der Waals surface area (Å²) in [6.45, 7) is 0. The lowest BCUT2D eigenvalue weighted by Crippen LogP contribution is -2.09. The zero-order valence-corrected chi connectivity index (χ0v) is 7.74. The summed E-state index contributed by atoms with van der Waals surface area (Å²) in [6.07, 6.45) is 0.604. The van der Waals surface area contributed by atoms with Crippen LogP contribution in [0.2, 0.25) is 0 Å². The Balaban J connectivity index is 3.11. The summed E-state index contributed by atoms with van der Waals surface area (Å²) in [5, 5.41) is 0. The number of carbonyl (C=O) groups is 1. The van der Waals surface area contributed by atoms with Gasteiger partial charge in [-0.15, -0.1) is 0 Å². The van der Waals surface area contributed by atoms with Crippen molar-refractivity contribution in [3.05, 3.63) is 29.8 Å². The molecule has 0 aliphatic rings. The number of hydrogen-bond acceptors (Lipinski definition) is 2. The Morgan fingerprint density at radius 2 is 2.00 bits per heavy atom. The number of carbonyl (C=O) groups excluding carboxylic acids is 1. The lowest BCUT2D eigenvalue weighted by Gasteiger charge is -2.13. The lowest BCUT2D eigenvalue weighted by atomic mass is 10.2. The highest BCUT2D eigenvalue weighted by molar-refractivity contribution is 5.75. The molecule has 0 fully saturated rings. The number of para-hydroxylation sites is 1. The van der Waals surface area contributed by atoms with E-state index in [2.05, 4.69) is 11.8 Å². The Hall–Kier alpha value is -1.75. The van der Waals surface area contributed by atoms with Crippen LogP contribution in [0.5, 0.6) is 0 Å². The molecular weight excluding hydrogens is 162 g/mol. The fraction of sp³-hybridized carbons (Fsp3) is 0.182. The molecule has 0 radical (unpaired) electrons. The van der Waals surface area contributed by atoms with Gasteiger partial charge in [0.25, 0.3) is 0 Å². The zero-order valence-electron chi connectivity index (χ0n) is 7.74. The molecule has 2 heteroatoms. The van der Waals surface area contributed by atoms with Crippen molar-refractivity contribution >= 4 is 12.0 Å². The van der Waals surface area contributed by atoms with Crippen LogP contribution in [0.3, 0.4) is 0 Å². The Morgan fingerprint density at radius 3 is 2.62 bits per heavy atom. The molecule has 1 aromatic rings. The van der Waals surface area contributed by atoms with Crippen LogP contribution in [0.4, 0.5) is 5.69 Å². The van der Waals surface area contributed by atoms with Crippen LogP contribution in [0, 0.1) is 11.8 Å². The molecule has 66 valence electrons. The molecule has 13 heavy (non-hydrogen) atoms. The van der Waals surface area contributed by atoms with E-state index in [-0.39, 0.29) is 0 Å². The van der Waals surface area contributed by atoms with Crippen LogP contribution < -0.4 is 4.90 Å². The predicted molar refractivity (Wildman–Crippen MR) is 53.7 cm³/mol. The predicted octanol–water partition coefficient (Wildman–Crippen LogP) is 1.30. The van der Waals surface area contributed by atoms with Crippen molar-refractivity contribution in [1.29, 1.82) is 0 Å². The maximum Gasteiger partial charge on any atom is 0.193 e. The van der Waals surface area contributed by atoms with Gasteiger partial charge in [0, 0.05) is 19.7 Å². The van der Waals surface area contributed by atoms with E-state index >= 15 is 0 Å². The summed E-state index contributed by atoms with van der Waals surface area (Å²) < 4.78 is 0. The highest BCUT2D eigenvalue weighted by Crippen LogP contribution is 2.15. The van der Waals surface area contributed by atoms with Crippen LogP contribution >= 0.6 is 0 Å². The third-order valence-corrected chi connectivity index (χ3v) is 1.65. The Bertz CT molecular complexity index is 358. The number of aldehydes is 1. The van der Waals surface area contributed by atoms with Gasteiger partial charge in [0.15, 0.2) is 6.29 Å². The van der Waals surface area contributed by atoms with E-state index in [1.54, 1.807) is 0 Å². The van der Waals surface area contributed by atoms with Gasteiger partial charge in [-0.25, -0.2) is 0 Å². The van der Waals surface area contributed by atoms with Crippen molar-refractivity contribution in [3.63, 3.8) is 0 Å². The van der Waals surface area contributed by atoms with Crippen molar-refractivity contribution in [2.24, 2.45) is 0 Å². The van der Waals surface area contributed by atoms with Crippen LogP contribution in [-0.2, 0) is 4.79 Å². The first-order valence-corrected chi connectivity index (χ1v) is 3.97. The van der Waals surface area contributed by atoms with Gasteiger partial charge in [-0.1, -0.05) is 18.1 Å². The topological polar surface area (TPSA) is 20.3 Å². The monoisotopic (exact) mass is 173 g/mol. The van der Waals surface area contributed by atoms with E-state index in [1.807, 2.05) is 43.3 Å². The Labute approximate surface area is 78.2 Å². The maximum absolute atomic E-state index is 10.1. The number of nitrogens with zero attached hydrogens (tertiary/aromatic N) is 1. The second-order valence-corrected chi connectivity index (χ2v) is 2.80. The first-order chi connectivity index (χ1) is 6.25. The molecule has 0 aromatic heterocycles. The molecular formula is C11H11NO. The quantitative estimate of drug-likeness (QED) is 0.471. The molecule has 2 nitrogen and oxygen atoms in total. The Kier molecular flexibility index (Phi) is 3.10. The van der Waals surface area contributed by atoms with Gasteiger partial charge in [-0.05, 0) is 18.1 Å². The zero-order chi connectivity index (χ0) is 9.68. The van der Waals surface area contributed by atoms with Gasteiger partial charge in [0.05, 0.1) is 5.69 Å². The molecule has 0 saturated heterocycles. The fourth-order valence-corrected chi connectivity index (χ4v) is 1.08. The molecule has 1 aromatic carbocycles. The molecule has 0 bridgehead atoms. The van der Waals surface area contributed by atoms with Gasteiger partial charge in [-0.3, -0.25) is 4.79 Å². The standard InChI is InChI=1S/C11H11NO/c1-12(2)11-8-4-3-6-10(11)7-5-9-13/h3-4,6,8-9H,1-2H3. The largest absolute Gasteiger partial charge is 0.377 e. The summed E-state index contributed by atoms with van der Waals surface area (Å²) in [4.78, 5) is 12.0. The minimum atomic E-state index is 0.604. The highest BCUT2D eigenvalue weighted by Gasteiger charge is 1.98. The van der Waals surface area contributed by atoms with Crippen LogP contribution in [0.15, 0.2) is 24.3 Å². The van der Waals surface area contributed by atoms with Crippen LogP contribution in [0.1, 0.15) is 5.56 Å². The van der Waals surface area contributed by atoms with Crippen molar-refractivity contribution in [3.8, 4) is 11.8 Å². The molecule has 0 spiro atoms. The van der Waals surface area contributed by atoms with Crippen molar-refractivity contribution in [2.45, 2.75) is 0 Å². The van der Waals surface area contributed by atoms with Crippen LogP contribution in [0.25, 0.3) is 0 Å². The van der Waals surface area contributed by atoms with E-state index in [4.69, 9.17) is 0 Å². The summed E-state index contributed by atoms with van der Waals surface area (Å²) >= 11 is 0. The number of rotatable bonds is 1. The van der Waals surface area contributed by atoms with Crippen molar-refractivity contribution in [1.82, 2.24) is 0 Å². The summed E-state index contributed by atoms with van der Waals surface area (Å²) in [6, 6.07) is 7.71. The van der Waals surface area contributed by atoms with E-state index in [1.165, 1.54) is 0 Å². The average molecular weight is 173 g/mol. The third kappa shape index (κ3) is 2.34. The lowest BCUT2D eigenvalue weighted by molar-refractivity contribution is -0.103. The maximum atomic E-state index is 10.1. The fourth-order valence-electron chi connectivity index (χ4n) is 1.08. The number of anilines is 1. The first kappa shape index (κ1) is 9.34. The van der Waals surface area contributed by atoms with Gasteiger partial charge < -0.3 is 4.90 Å². The second-order valence-electron chi connectivity index (χ2n) is 2.80. The van der Waals surface area contributed by atoms with Gasteiger partial charge >= 0.3 is 0 Å². The summed E-state index contributed by atoms with van der Waals surface area (Å²) in [5.74, 6) is 5.19. The molecule has 0 aliphatic carbocycles. The Morgan fingerprint density at radius 1 is 1.31 bits per heavy atom. The average Bonchev–Trinajstić information content (AvgIpc) is 2.15. The highest BCUT2D eigenvalue weighted by atomic mass is 16.1. The smallest absolute Gasteiger partial charge is 0.193 e. The molecule has 0 heterocycles. The summed E-state index contributed by atoms with van der Waals surface area (Å²) in [7, 11) is 3.89.